The Morgan fingerprint density at radius 1 is 1.57 bits per heavy atom. The molecule has 1 aromatic rings. The molecule has 0 fully saturated rings. The van der Waals surface area contributed by atoms with E-state index in [4.69, 9.17) is 5.11 Å². The van der Waals surface area contributed by atoms with Gasteiger partial charge < -0.3 is 10.4 Å². The maximum Gasteiger partial charge on any atom is 0.304 e. The fourth-order valence-corrected chi connectivity index (χ4v) is 4.35. The summed E-state index contributed by atoms with van der Waals surface area (Å²) in [7, 11) is -2.96. The van der Waals surface area contributed by atoms with Gasteiger partial charge in [0.25, 0.3) is 16.4 Å². The Morgan fingerprint density at radius 3 is 2.57 bits per heavy atom. The second kappa shape index (κ2) is 7.06. The first-order chi connectivity index (χ1) is 9.73. The molecule has 0 aromatic carbocycles. The highest BCUT2D eigenvalue weighted by molar-refractivity contribution is 7.91. The van der Waals surface area contributed by atoms with Gasteiger partial charge in [-0.3, -0.25) is 10.1 Å². The zero-order chi connectivity index (χ0) is 16.2. The maximum absolute atomic E-state index is 12.4. The number of aliphatic hydroxyl groups is 1. The Kier molecular flexibility index (Phi) is 5.95. The minimum atomic E-state index is -4.34. The number of aliphatic hydroxyl groups excluding tert-OH is 1. The van der Waals surface area contributed by atoms with Crippen molar-refractivity contribution in [1.29, 1.82) is 0 Å². The van der Waals surface area contributed by atoms with Gasteiger partial charge in [0.1, 0.15) is 4.21 Å². The molecular weight excluding hydrogens is 332 g/mol. The van der Waals surface area contributed by atoms with Crippen molar-refractivity contribution >= 4 is 32.0 Å². The van der Waals surface area contributed by atoms with Gasteiger partial charge in [-0.05, 0) is 0 Å². The summed E-state index contributed by atoms with van der Waals surface area (Å²) in [4.78, 5) is 10.0. The van der Waals surface area contributed by atoms with Crippen molar-refractivity contribution in [3.63, 3.8) is 0 Å². The Balaban J connectivity index is 3.24. The monoisotopic (exact) mass is 345 g/mol. The van der Waals surface area contributed by atoms with E-state index < -0.39 is 51.0 Å². The lowest BCUT2D eigenvalue weighted by Crippen LogP contribution is -2.36. The van der Waals surface area contributed by atoms with Crippen LogP contribution in [0.3, 0.4) is 0 Å². The van der Waals surface area contributed by atoms with Gasteiger partial charge in [0.05, 0.1) is 18.1 Å². The zero-order valence-electron chi connectivity index (χ0n) is 10.8. The lowest BCUT2D eigenvalue weighted by Gasteiger charge is -2.19. The van der Waals surface area contributed by atoms with Crippen molar-refractivity contribution in [3.05, 3.63) is 16.2 Å². The van der Waals surface area contributed by atoms with Crippen LogP contribution in [0.25, 0.3) is 0 Å². The number of halogens is 2. The average Bonchev–Trinajstić information content (AvgIpc) is 2.82. The van der Waals surface area contributed by atoms with Crippen LogP contribution in [0.1, 0.15) is 0 Å². The van der Waals surface area contributed by atoms with E-state index in [1.807, 2.05) is 0 Å². The number of anilines is 1. The summed E-state index contributed by atoms with van der Waals surface area (Å²) in [5.74, 6) is 0. The van der Waals surface area contributed by atoms with E-state index in [0.717, 1.165) is 6.07 Å². The Hall–Kier alpha value is -1.37. The second-order valence-electron chi connectivity index (χ2n) is 3.76. The number of thiophene rings is 1. The third-order valence-electron chi connectivity index (χ3n) is 2.40. The molecule has 1 heterocycles. The van der Waals surface area contributed by atoms with Crippen LogP contribution in [0, 0.1) is 10.1 Å². The van der Waals surface area contributed by atoms with Crippen LogP contribution in [-0.4, -0.2) is 55.9 Å². The maximum atomic E-state index is 12.4. The summed E-state index contributed by atoms with van der Waals surface area (Å²) in [6.07, 6.45) is -2.93. The van der Waals surface area contributed by atoms with Gasteiger partial charge in [-0.2, -0.15) is 4.31 Å². The summed E-state index contributed by atoms with van der Waals surface area (Å²) in [5.41, 5.74) is -0.456. The molecule has 0 radical (unpaired) electrons. The molecule has 0 amide bonds. The van der Waals surface area contributed by atoms with Gasteiger partial charge in [0.2, 0.25) is 0 Å². The molecule has 0 atom stereocenters. The minimum Gasteiger partial charge on any atom is -0.395 e. The van der Waals surface area contributed by atoms with Gasteiger partial charge in [0.15, 0.2) is 5.00 Å². The number of hydrogen-bond donors (Lipinski definition) is 2. The number of sulfonamides is 1. The molecule has 12 heteroatoms. The molecule has 120 valence electrons. The van der Waals surface area contributed by atoms with E-state index >= 15 is 0 Å². The zero-order valence-corrected chi connectivity index (χ0v) is 12.5. The fraction of sp³-hybridized carbons (Fsp3) is 0.556. The van der Waals surface area contributed by atoms with Gasteiger partial charge in [0, 0.05) is 19.7 Å². The van der Waals surface area contributed by atoms with Gasteiger partial charge in [-0.1, -0.05) is 11.3 Å². The SMILES string of the molecule is CNc1sc(S(=O)(=O)N(CCO)CC(F)F)cc1[N+](=O)[O-]. The van der Waals surface area contributed by atoms with Crippen molar-refractivity contribution in [2.75, 3.05) is 32.1 Å². The van der Waals surface area contributed by atoms with Crippen molar-refractivity contribution in [3.8, 4) is 0 Å². The normalized spacial score (nSPS) is 12.1. The molecule has 8 nitrogen and oxygen atoms in total. The molecule has 0 unspecified atom stereocenters. The Labute approximate surface area is 123 Å². The average molecular weight is 345 g/mol. The smallest absolute Gasteiger partial charge is 0.304 e. The summed E-state index contributed by atoms with van der Waals surface area (Å²) < 4.78 is 49.2. The molecular formula is C9H13F2N3O5S2. The van der Waals surface area contributed by atoms with E-state index in [2.05, 4.69) is 5.32 Å². The molecule has 1 rings (SSSR count). The first kappa shape index (κ1) is 17.7. The first-order valence-corrected chi connectivity index (χ1v) is 7.84. The van der Waals surface area contributed by atoms with Crippen molar-refractivity contribution < 1.29 is 27.2 Å². The Morgan fingerprint density at radius 2 is 2.19 bits per heavy atom. The number of nitrogens with zero attached hydrogens (tertiary/aromatic N) is 2. The predicted octanol–water partition coefficient (Wildman–Crippen LogP) is 0.946. The molecule has 0 saturated heterocycles. The van der Waals surface area contributed by atoms with E-state index in [0.29, 0.717) is 15.6 Å². The lowest BCUT2D eigenvalue weighted by molar-refractivity contribution is -0.383. The van der Waals surface area contributed by atoms with E-state index in [-0.39, 0.29) is 5.00 Å². The molecule has 0 saturated carbocycles. The molecule has 0 aliphatic carbocycles. The quantitative estimate of drug-likeness (QED) is 0.536. The summed E-state index contributed by atoms with van der Waals surface area (Å²) in [5, 5.41) is 22.1. The van der Waals surface area contributed by atoms with Crippen LogP contribution in [0.2, 0.25) is 0 Å². The third kappa shape index (κ3) is 4.06. The number of rotatable bonds is 8. The molecule has 2 N–H and O–H groups in total. The van der Waals surface area contributed by atoms with Crippen LogP contribution in [0.15, 0.2) is 10.3 Å². The minimum absolute atomic E-state index is 0.000398. The van der Waals surface area contributed by atoms with Crippen molar-refractivity contribution in [2.24, 2.45) is 0 Å². The van der Waals surface area contributed by atoms with E-state index in [1.165, 1.54) is 7.05 Å². The summed E-state index contributed by atoms with van der Waals surface area (Å²) >= 11 is 0.567. The first-order valence-electron chi connectivity index (χ1n) is 5.59. The predicted molar refractivity (Wildman–Crippen MR) is 72.4 cm³/mol. The fourth-order valence-electron chi connectivity index (χ4n) is 1.50. The molecule has 0 aliphatic heterocycles. The highest BCUT2D eigenvalue weighted by atomic mass is 32.2. The molecule has 0 spiro atoms. The molecule has 0 bridgehead atoms. The number of nitrogens with one attached hydrogen (secondary N) is 1. The van der Waals surface area contributed by atoms with Crippen LogP contribution in [-0.2, 0) is 10.0 Å². The second-order valence-corrected chi connectivity index (χ2v) is 6.98. The third-order valence-corrected chi connectivity index (χ3v) is 5.85. The van der Waals surface area contributed by atoms with Gasteiger partial charge >= 0.3 is 5.69 Å². The van der Waals surface area contributed by atoms with Gasteiger partial charge in [-0.15, -0.1) is 0 Å². The molecule has 21 heavy (non-hydrogen) atoms. The Bertz CT molecular complexity index is 605. The number of hydrogen-bond acceptors (Lipinski definition) is 7. The summed E-state index contributed by atoms with van der Waals surface area (Å²) in [6, 6.07) is 0.807. The summed E-state index contributed by atoms with van der Waals surface area (Å²) in [6.45, 7) is -2.25. The van der Waals surface area contributed by atoms with E-state index in [9.17, 15) is 27.3 Å². The van der Waals surface area contributed by atoms with Gasteiger partial charge in [-0.25, -0.2) is 17.2 Å². The topological polar surface area (TPSA) is 113 Å². The number of alkyl halides is 2. The van der Waals surface area contributed by atoms with Crippen LogP contribution < -0.4 is 5.32 Å². The number of nitro groups is 1. The highest BCUT2D eigenvalue weighted by Crippen LogP contribution is 2.37. The largest absolute Gasteiger partial charge is 0.395 e. The van der Waals surface area contributed by atoms with Crippen LogP contribution in [0.5, 0.6) is 0 Å². The van der Waals surface area contributed by atoms with E-state index in [1.54, 1.807) is 0 Å². The van der Waals surface area contributed by atoms with Crippen molar-refractivity contribution in [1.82, 2.24) is 4.31 Å². The standard InChI is InChI=1S/C9H13F2N3O5S2/c1-12-9-6(14(16)17)4-8(20-9)21(18,19)13(2-3-15)5-7(10)11/h4,7,12,15H,2-3,5H2,1H3. The highest BCUT2D eigenvalue weighted by Gasteiger charge is 2.32. The van der Waals surface area contributed by atoms with Crippen molar-refractivity contribution in [2.45, 2.75) is 10.6 Å². The lowest BCUT2D eigenvalue weighted by atomic mass is 10.5. The van der Waals surface area contributed by atoms with Crippen LogP contribution in [0.4, 0.5) is 19.5 Å². The van der Waals surface area contributed by atoms with Crippen LogP contribution >= 0.6 is 11.3 Å². The molecule has 0 aliphatic rings. The molecule has 1 aromatic heterocycles.